The SMILES string of the molecule is N#CC1(C#N)CC1C1CCCC1. The van der Waals surface area contributed by atoms with Crippen LogP contribution >= 0.6 is 0 Å². The van der Waals surface area contributed by atoms with Gasteiger partial charge in [0.1, 0.15) is 5.41 Å². The summed E-state index contributed by atoms with van der Waals surface area (Å²) in [4.78, 5) is 0. The van der Waals surface area contributed by atoms with Crippen molar-refractivity contribution in [3.8, 4) is 12.1 Å². The summed E-state index contributed by atoms with van der Waals surface area (Å²) in [7, 11) is 0. The molecule has 2 fully saturated rings. The summed E-state index contributed by atoms with van der Waals surface area (Å²) in [6.07, 6.45) is 5.93. The van der Waals surface area contributed by atoms with Crippen LogP contribution in [0.15, 0.2) is 0 Å². The third kappa shape index (κ3) is 0.916. The predicted molar refractivity (Wildman–Crippen MR) is 43.7 cm³/mol. The monoisotopic (exact) mass is 160 g/mol. The molecule has 0 saturated heterocycles. The molecule has 2 aliphatic rings. The van der Waals surface area contributed by atoms with Crippen LogP contribution in [-0.4, -0.2) is 0 Å². The zero-order valence-electron chi connectivity index (χ0n) is 7.08. The molecule has 2 aliphatic carbocycles. The Hall–Kier alpha value is -1.02. The first-order chi connectivity index (χ1) is 5.82. The average Bonchev–Trinajstić information content (AvgIpc) is 2.59. The van der Waals surface area contributed by atoms with Gasteiger partial charge in [-0.2, -0.15) is 10.5 Å². The summed E-state index contributed by atoms with van der Waals surface area (Å²) in [5.41, 5.74) is -0.574. The normalized spacial score (nSPS) is 32.3. The van der Waals surface area contributed by atoms with E-state index in [-0.39, 0.29) is 0 Å². The average molecular weight is 160 g/mol. The zero-order valence-corrected chi connectivity index (χ0v) is 7.08. The van der Waals surface area contributed by atoms with Crippen molar-refractivity contribution in [3.05, 3.63) is 0 Å². The van der Waals surface area contributed by atoms with Gasteiger partial charge in [-0.3, -0.25) is 0 Å². The topological polar surface area (TPSA) is 47.6 Å². The highest BCUT2D eigenvalue weighted by molar-refractivity contribution is 5.28. The van der Waals surface area contributed by atoms with Crippen molar-refractivity contribution in [2.24, 2.45) is 17.3 Å². The summed E-state index contributed by atoms with van der Waals surface area (Å²) >= 11 is 0. The highest BCUT2D eigenvalue weighted by Crippen LogP contribution is 2.59. The molecule has 12 heavy (non-hydrogen) atoms. The largest absolute Gasteiger partial charge is 0.197 e. The maximum Gasteiger partial charge on any atom is 0.147 e. The van der Waals surface area contributed by atoms with Crippen LogP contribution in [0.4, 0.5) is 0 Å². The molecule has 1 unspecified atom stereocenters. The van der Waals surface area contributed by atoms with Crippen LogP contribution in [0.1, 0.15) is 32.1 Å². The number of rotatable bonds is 1. The van der Waals surface area contributed by atoms with Crippen LogP contribution in [0.3, 0.4) is 0 Å². The summed E-state index contributed by atoms with van der Waals surface area (Å²) in [6.45, 7) is 0. The van der Waals surface area contributed by atoms with E-state index in [0.29, 0.717) is 11.8 Å². The van der Waals surface area contributed by atoms with Gasteiger partial charge in [-0.15, -0.1) is 0 Å². The molecular weight excluding hydrogens is 148 g/mol. The highest BCUT2D eigenvalue weighted by atomic mass is 14.6. The fraction of sp³-hybridized carbons (Fsp3) is 0.800. The van der Waals surface area contributed by atoms with E-state index in [1.165, 1.54) is 25.7 Å². The first kappa shape index (κ1) is 7.62. The van der Waals surface area contributed by atoms with Crippen molar-refractivity contribution >= 4 is 0 Å². The molecule has 0 aliphatic heterocycles. The second-order valence-corrected chi connectivity index (χ2v) is 4.05. The summed E-state index contributed by atoms with van der Waals surface area (Å²) in [6, 6.07) is 4.34. The lowest BCUT2D eigenvalue weighted by atomic mass is 9.95. The fourth-order valence-corrected chi connectivity index (χ4v) is 2.50. The Morgan fingerprint density at radius 3 is 2.08 bits per heavy atom. The van der Waals surface area contributed by atoms with Crippen molar-refractivity contribution in [2.75, 3.05) is 0 Å². The minimum absolute atomic E-state index is 0.412. The summed E-state index contributed by atoms with van der Waals surface area (Å²) < 4.78 is 0. The molecule has 2 heteroatoms. The van der Waals surface area contributed by atoms with Crippen LogP contribution in [0.5, 0.6) is 0 Å². The Balaban J connectivity index is 2.03. The molecule has 0 aromatic heterocycles. The van der Waals surface area contributed by atoms with Gasteiger partial charge in [-0.25, -0.2) is 0 Å². The first-order valence-corrected chi connectivity index (χ1v) is 4.65. The quantitative estimate of drug-likeness (QED) is 0.590. The third-order valence-corrected chi connectivity index (χ3v) is 3.38. The van der Waals surface area contributed by atoms with Crippen LogP contribution in [0.2, 0.25) is 0 Å². The van der Waals surface area contributed by atoms with Crippen LogP contribution in [0, 0.1) is 39.9 Å². The van der Waals surface area contributed by atoms with Crippen molar-refractivity contribution in [2.45, 2.75) is 32.1 Å². The Morgan fingerprint density at radius 1 is 1.08 bits per heavy atom. The van der Waals surface area contributed by atoms with E-state index in [4.69, 9.17) is 10.5 Å². The molecule has 0 bridgehead atoms. The van der Waals surface area contributed by atoms with Gasteiger partial charge in [0.25, 0.3) is 0 Å². The van der Waals surface area contributed by atoms with Crippen LogP contribution in [0.25, 0.3) is 0 Å². The molecule has 0 aromatic rings. The molecular formula is C10H12N2. The maximum absolute atomic E-state index is 8.81. The standard InChI is InChI=1S/C10H12N2/c11-6-10(7-12)5-9(10)8-3-1-2-4-8/h8-9H,1-5H2. The van der Waals surface area contributed by atoms with Crippen LogP contribution in [-0.2, 0) is 0 Å². The molecule has 0 heterocycles. The van der Waals surface area contributed by atoms with E-state index >= 15 is 0 Å². The molecule has 62 valence electrons. The van der Waals surface area contributed by atoms with Gasteiger partial charge < -0.3 is 0 Å². The Kier molecular flexibility index (Phi) is 1.58. The number of nitrogens with zero attached hydrogens (tertiary/aromatic N) is 2. The molecule has 2 nitrogen and oxygen atoms in total. The van der Waals surface area contributed by atoms with Gasteiger partial charge in [-0.05, 0) is 18.3 Å². The van der Waals surface area contributed by atoms with Gasteiger partial charge in [0.2, 0.25) is 0 Å². The lowest BCUT2D eigenvalue weighted by molar-refractivity contribution is 0.446. The minimum atomic E-state index is -0.574. The van der Waals surface area contributed by atoms with E-state index in [1.807, 2.05) is 0 Å². The van der Waals surface area contributed by atoms with Gasteiger partial charge in [0.05, 0.1) is 12.1 Å². The van der Waals surface area contributed by atoms with E-state index < -0.39 is 5.41 Å². The second kappa shape index (κ2) is 2.49. The van der Waals surface area contributed by atoms with E-state index in [9.17, 15) is 0 Å². The molecule has 0 amide bonds. The molecule has 0 radical (unpaired) electrons. The number of nitriles is 2. The summed E-state index contributed by atoms with van der Waals surface area (Å²) in [5.74, 6) is 1.10. The van der Waals surface area contributed by atoms with E-state index in [1.54, 1.807) is 0 Å². The van der Waals surface area contributed by atoms with Gasteiger partial charge in [0, 0.05) is 0 Å². The van der Waals surface area contributed by atoms with Gasteiger partial charge in [0.15, 0.2) is 0 Å². The smallest absolute Gasteiger partial charge is 0.147 e. The molecule has 2 rings (SSSR count). The van der Waals surface area contributed by atoms with Gasteiger partial charge in [-0.1, -0.05) is 25.7 Å². The Labute approximate surface area is 72.8 Å². The van der Waals surface area contributed by atoms with E-state index in [2.05, 4.69) is 12.1 Å². The minimum Gasteiger partial charge on any atom is -0.197 e. The molecule has 2 saturated carbocycles. The Bertz CT molecular complexity index is 249. The Morgan fingerprint density at radius 2 is 1.67 bits per heavy atom. The van der Waals surface area contributed by atoms with Crippen molar-refractivity contribution in [3.63, 3.8) is 0 Å². The molecule has 1 atom stereocenters. The lowest BCUT2D eigenvalue weighted by Crippen LogP contribution is -2.04. The van der Waals surface area contributed by atoms with Gasteiger partial charge >= 0.3 is 0 Å². The number of hydrogen-bond acceptors (Lipinski definition) is 2. The zero-order chi connectivity index (χ0) is 8.60. The molecule has 0 N–H and O–H groups in total. The summed E-state index contributed by atoms with van der Waals surface area (Å²) in [5, 5.41) is 17.6. The third-order valence-electron chi connectivity index (χ3n) is 3.38. The molecule has 0 spiro atoms. The molecule has 0 aromatic carbocycles. The lowest BCUT2D eigenvalue weighted by Gasteiger charge is -2.06. The van der Waals surface area contributed by atoms with Crippen molar-refractivity contribution in [1.82, 2.24) is 0 Å². The van der Waals surface area contributed by atoms with Crippen molar-refractivity contribution < 1.29 is 0 Å². The fourth-order valence-electron chi connectivity index (χ4n) is 2.50. The van der Waals surface area contributed by atoms with Crippen molar-refractivity contribution in [1.29, 1.82) is 10.5 Å². The van der Waals surface area contributed by atoms with Crippen LogP contribution < -0.4 is 0 Å². The maximum atomic E-state index is 8.81. The van der Waals surface area contributed by atoms with E-state index in [0.717, 1.165) is 6.42 Å². The number of hydrogen-bond donors (Lipinski definition) is 0. The highest BCUT2D eigenvalue weighted by Gasteiger charge is 2.59. The second-order valence-electron chi connectivity index (χ2n) is 4.05. The first-order valence-electron chi connectivity index (χ1n) is 4.65. The predicted octanol–water partition coefficient (Wildman–Crippen LogP) is 2.23.